The lowest BCUT2D eigenvalue weighted by Gasteiger charge is -2.35. The lowest BCUT2D eigenvalue weighted by molar-refractivity contribution is -0.883. The molecule has 2 rings (SSSR count). The number of carbonyl (C=O) groups is 1. The second-order valence-electron chi connectivity index (χ2n) is 10.2. The van der Waals surface area contributed by atoms with E-state index in [0.29, 0.717) is 29.6 Å². The number of quaternary nitrogens is 1. The van der Waals surface area contributed by atoms with Crippen molar-refractivity contribution >= 4 is 16.9 Å². The van der Waals surface area contributed by atoms with Crippen LogP contribution in [-0.4, -0.2) is 61.2 Å². The molecule has 34 heavy (non-hydrogen) atoms. The van der Waals surface area contributed by atoms with Crippen LogP contribution in [0.2, 0.25) is 0 Å². The zero-order valence-corrected chi connectivity index (χ0v) is 23.6. The lowest BCUT2D eigenvalue weighted by Crippen LogP contribution is -3.00. The first kappa shape index (κ1) is 29.9. The molecule has 0 bridgehead atoms. The van der Waals surface area contributed by atoms with E-state index in [2.05, 4.69) is 47.9 Å². The van der Waals surface area contributed by atoms with Crippen LogP contribution in [0.15, 0.2) is 45.1 Å². The minimum absolute atomic E-state index is 0. The van der Waals surface area contributed by atoms with Crippen LogP contribution in [0.3, 0.4) is 0 Å². The highest BCUT2D eigenvalue weighted by molar-refractivity contribution is 5.82. The maximum absolute atomic E-state index is 12.9. The third-order valence-corrected chi connectivity index (χ3v) is 5.69. The third-order valence-electron chi connectivity index (χ3n) is 5.69. The van der Waals surface area contributed by atoms with Gasteiger partial charge in [-0.3, -0.25) is 4.79 Å². The van der Waals surface area contributed by atoms with Crippen LogP contribution in [0.25, 0.3) is 11.0 Å². The molecule has 1 heterocycles. The molecule has 1 aromatic carbocycles. The summed E-state index contributed by atoms with van der Waals surface area (Å²) in [6.07, 6.45) is 3.55. The Hall–Kier alpha value is -2.12. The van der Waals surface area contributed by atoms with Gasteiger partial charge < -0.3 is 35.5 Å². The van der Waals surface area contributed by atoms with E-state index in [1.165, 1.54) is 11.6 Å². The summed E-state index contributed by atoms with van der Waals surface area (Å²) in [6.45, 7) is 14.1. The molecular weight excluding hydrogens is 496 g/mol. The van der Waals surface area contributed by atoms with Gasteiger partial charge in [-0.2, -0.15) is 0 Å². The van der Waals surface area contributed by atoms with E-state index in [1.807, 2.05) is 30.9 Å². The number of fused-ring (bicyclic) bond motifs is 1. The maximum atomic E-state index is 12.9. The third kappa shape index (κ3) is 8.58. The molecule has 0 atom stereocenters. The molecule has 0 aliphatic carbocycles. The summed E-state index contributed by atoms with van der Waals surface area (Å²) in [6, 6.07) is 7.47. The van der Waals surface area contributed by atoms with Crippen LogP contribution in [-0.2, 0) is 11.2 Å². The topological polar surface area (TPSA) is 59.8 Å². The Bertz CT molecular complexity index is 1030. The van der Waals surface area contributed by atoms with E-state index in [1.54, 1.807) is 6.07 Å². The quantitative estimate of drug-likeness (QED) is 0.190. The minimum atomic E-state index is -0.362. The number of ether oxygens (including phenoxy) is 1. The van der Waals surface area contributed by atoms with Gasteiger partial charge in [0.1, 0.15) is 11.3 Å². The Morgan fingerprint density at radius 3 is 2.29 bits per heavy atom. The van der Waals surface area contributed by atoms with Gasteiger partial charge in [-0.1, -0.05) is 11.6 Å². The molecule has 0 N–H and O–H groups in total. The van der Waals surface area contributed by atoms with Gasteiger partial charge in [0.25, 0.3) is 5.91 Å². The SMILES string of the molecule is CC(C)=CCc1c(OCCC[N+](C)(C)CC(=O)N(C(C)C)C(C)C)ccc2ccc(=O)oc12.[Br-]. The number of hydrogen-bond donors (Lipinski definition) is 0. The van der Waals surface area contributed by atoms with Gasteiger partial charge in [-0.05, 0) is 66.2 Å². The second kappa shape index (κ2) is 13.1. The van der Waals surface area contributed by atoms with Gasteiger partial charge >= 0.3 is 5.63 Å². The van der Waals surface area contributed by atoms with Gasteiger partial charge in [0.15, 0.2) is 6.54 Å². The fraction of sp³-hybridized carbons (Fsp3) is 0.556. The Morgan fingerprint density at radius 1 is 1.09 bits per heavy atom. The number of allylic oxidation sites excluding steroid dienone is 2. The normalized spacial score (nSPS) is 11.5. The number of halogens is 1. The molecule has 0 aliphatic heterocycles. The van der Waals surface area contributed by atoms with Crippen LogP contribution in [0.4, 0.5) is 0 Å². The van der Waals surface area contributed by atoms with Crippen molar-refractivity contribution < 1.29 is 35.4 Å². The van der Waals surface area contributed by atoms with Crippen molar-refractivity contribution in [1.82, 2.24) is 4.90 Å². The standard InChI is InChI=1S/C27H41N2O4.BrH/c1-19(2)10-13-23-24(14-11-22-12-15-26(31)33-27(22)23)32-17-9-16-29(7,8)18-25(30)28(20(3)4)21(5)6;/h10-12,14-15,20-21H,9,13,16-18H2,1-8H3;1H/q+1;/p-1. The van der Waals surface area contributed by atoms with Crippen LogP contribution in [0.5, 0.6) is 5.75 Å². The lowest BCUT2D eigenvalue weighted by atomic mass is 10.1. The monoisotopic (exact) mass is 536 g/mol. The molecule has 7 heteroatoms. The summed E-state index contributed by atoms with van der Waals surface area (Å²) >= 11 is 0. The van der Waals surface area contributed by atoms with E-state index in [-0.39, 0.29) is 40.6 Å². The van der Waals surface area contributed by atoms with E-state index in [9.17, 15) is 9.59 Å². The smallest absolute Gasteiger partial charge is 0.336 e. The number of hydrogen-bond acceptors (Lipinski definition) is 4. The summed E-state index contributed by atoms with van der Waals surface area (Å²) in [5.41, 5.74) is 2.30. The zero-order chi connectivity index (χ0) is 24.8. The predicted molar refractivity (Wildman–Crippen MR) is 135 cm³/mol. The number of amides is 1. The molecule has 190 valence electrons. The molecule has 0 aliphatic rings. The summed E-state index contributed by atoms with van der Waals surface area (Å²) in [4.78, 5) is 26.6. The van der Waals surface area contributed by atoms with Gasteiger partial charge in [-0.25, -0.2) is 4.79 Å². The van der Waals surface area contributed by atoms with Crippen molar-refractivity contribution in [2.24, 2.45) is 0 Å². The van der Waals surface area contributed by atoms with Gasteiger partial charge in [0, 0.05) is 35.5 Å². The van der Waals surface area contributed by atoms with Crippen LogP contribution in [0, 0.1) is 0 Å². The van der Waals surface area contributed by atoms with Crippen molar-refractivity contribution in [3.05, 3.63) is 51.9 Å². The fourth-order valence-electron chi connectivity index (χ4n) is 4.18. The first-order chi connectivity index (χ1) is 15.4. The van der Waals surface area contributed by atoms with Gasteiger partial charge in [-0.15, -0.1) is 0 Å². The van der Waals surface area contributed by atoms with E-state index in [4.69, 9.17) is 9.15 Å². The first-order valence-electron chi connectivity index (χ1n) is 11.9. The van der Waals surface area contributed by atoms with E-state index < -0.39 is 0 Å². The van der Waals surface area contributed by atoms with Crippen molar-refractivity contribution in [2.75, 3.05) is 33.8 Å². The Morgan fingerprint density at radius 2 is 1.71 bits per heavy atom. The number of rotatable bonds is 11. The largest absolute Gasteiger partial charge is 1.00 e. The van der Waals surface area contributed by atoms with E-state index in [0.717, 1.165) is 29.7 Å². The minimum Gasteiger partial charge on any atom is -1.00 e. The molecule has 0 fully saturated rings. The Kier molecular flexibility index (Phi) is 11.5. The molecule has 0 unspecified atom stereocenters. The van der Waals surface area contributed by atoms with Crippen LogP contribution in [0.1, 0.15) is 53.5 Å². The molecule has 0 saturated heterocycles. The molecule has 0 radical (unpaired) electrons. The van der Waals surface area contributed by atoms with Crippen LogP contribution >= 0.6 is 0 Å². The molecule has 1 aromatic heterocycles. The van der Waals surface area contributed by atoms with Crippen molar-refractivity contribution in [2.45, 2.75) is 66.5 Å². The second-order valence-corrected chi connectivity index (χ2v) is 10.2. The van der Waals surface area contributed by atoms with Crippen LogP contribution < -0.4 is 27.3 Å². The molecule has 6 nitrogen and oxygen atoms in total. The first-order valence-corrected chi connectivity index (χ1v) is 11.9. The molecule has 1 amide bonds. The van der Waals surface area contributed by atoms with Crippen molar-refractivity contribution in [3.63, 3.8) is 0 Å². The van der Waals surface area contributed by atoms with Crippen molar-refractivity contribution in [1.29, 1.82) is 0 Å². The average Bonchev–Trinajstić information content (AvgIpc) is 2.68. The molecule has 0 spiro atoms. The number of likely N-dealkylation sites (N-methyl/N-ethyl adjacent to an activating group) is 1. The molecule has 2 aromatic rings. The predicted octanol–water partition coefficient (Wildman–Crippen LogP) is 1.80. The molecule has 0 saturated carbocycles. The number of nitrogens with zero attached hydrogens (tertiary/aromatic N) is 2. The van der Waals surface area contributed by atoms with E-state index >= 15 is 0 Å². The Labute approximate surface area is 214 Å². The summed E-state index contributed by atoms with van der Waals surface area (Å²) in [5.74, 6) is 0.918. The fourth-order valence-corrected chi connectivity index (χ4v) is 4.18. The van der Waals surface area contributed by atoms with Gasteiger partial charge in [0.2, 0.25) is 0 Å². The van der Waals surface area contributed by atoms with Gasteiger partial charge in [0.05, 0.1) is 27.2 Å². The zero-order valence-electron chi connectivity index (χ0n) is 22.0. The highest BCUT2D eigenvalue weighted by Crippen LogP contribution is 2.28. The Balaban J connectivity index is 0.00000578. The van der Waals surface area contributed by atoms with Crippen molar-refractivity contribution in [3.8, 4) is 5.75 Å². The molecular formula is C27H41BrN2O4. The maximum Gasteiger partial charge on any atom is 0.336 e. The summed E-state index contributed by atoms with van der Waals surface area (Å²) < 4.78 is 12.3. The number of carbonyl (C=O) groups excluding carboxylic acids is 1. The number of benzene rings is 1. The highest BCUT2D eigenvalue weighted by Gasteiger charge is 2.27. The summed E-state index contributed by atoms with van der Waals surface area (Å²) in [7, 11) is 4.17. The highest BCUT2D eigenvalue weighted by atomic mass is 79.9. The summed E-state index contributed by atoms with van der Waals surface area (Å²) in [5, 5.41) is 0.885. The average molecular weight is 538 g/mol.